The van der Waals surface area contributed by atoms with Crippen LogP contribution in [0.15, 0.2) is 46.9 Å². The maximum Gasteiger partial charge on any atom is 0.124 e. The highest BCUT2D eigenvalue weighted by Gasteiger charge is 2.18. The van der Waals surface area contributed by atoms with Crippen molar-refractivity contribution in [3.8, 4) is 22.6 Å². The lowest BCUT2D eigenvalue weighted by atomic mass is 9.88. The molecule has 2 nitrogen and oxygen atoms in total. The van der Waals surface area contributed by atoms with Crippen LogP contribution in [0.1, 0.15) is 50.7 Å². The van der Waals surface area contributed by atoms with Crippen LogP contribution in [-0.2, 0) is 0 Å². The summed E-state index contributed by atoms with van der Waals surface area (Å²) in [5.74, 6) is 1.02. The molecule has 0 aliphatic rings. The third-order valence-electron chi connectivity index (χ3n) is 4.66. The van der Waals surface area contributed by atoms with Crippen LogP contribution in [0.4, 0.5) is 0 Å². The topological polar surface area (TPSA) is 40.5 Å². The van der Waals surface area contributed by atoms with Crippen molar-refractivity contribution in [3.05, 3.63) is 58.1 Å². The average Bonchev–Trinajstić information content (AvgIpc) is 2.55. The van der Waals surface area contributed by atoms with Gasteiger partial charge in [-0.05, 0) is 69.6 Å². The van der Waals surface area contributed by atoms with Crippen molar-refractivity contribution >= 4 is 26.7 Å². The van der Waals surface area contributed by atoms with Gasteiger partial charge in [0.1, 0.15) is 11.5 Å². The lowest BCUT2D eigenvalue weighted by molar-refractivity contribution is 0.454. The second-order valence-electron chi connectivity index (χ2n) is 7.14. The van der Waals surface area contributed by atoms with Crippen molar-refractivity contribution < 1.29 is 10.2 Å². The van der Waals surface area contributed by atoms with Gasteiger partial charge >= 0.3 is 0 Å². The Labute approximate surface area is 157 Å². The molecule has 3 heteroatoms. The normalized spacial score (nSPS) is 11.6. The van der Waals surface area contributed by atoms with Crippen LogP contribution < -0.4 is 0 Å². The highest BCUT2D eigenvalue weighted by molar-refractivity contribution is 9.10. The quantitative estimate of drug-likeness (QED) is 0.501. The summed E-state index contributed by atoms with van der Waals surface area (Å²) in [6.45, 7) is 8.29. The molecule has 0 aromatic heterocycles. The van der Waals surface area contributed by atoms with E-state index in [2.05, 4.69) is 43.6 Å². The van der Waals surface area contributed by atoms with Gasteiger partial charge in [0, 0.05) is 10.0 Å². The number of hydrogen-bond donors (Lipinski definition) is 2. The number of phenolic OH excluding ortho intramolecular Hbond substituents is 2. The van der Waals surface area contributed by atoms with Gasteiger partial charge in [-0.25, -0.2) is 0 Å². The average molecular weight is 399 g/mol. The number of fused-ring (bicyclic) bond motifs is 1. The van der Waals surface area contributed by atoms with Crippen molar-refractivity contribution in [2.45, 2.75) is 39.5 Å². The van der Waals surface area contributed by atoms with Gasteiger partial charge in [-0.15, -0.1) is 0 Å². The third-order valence-corrected chi connectivity index (χ3v) is 5.15. The standard InChI is InChI=1S/C22H23BrO2/c1-12(2)18-10-15(11-19(13(3)4)22(18)25)21-17-7-6-16(23)9-14(17)5-8-20(21)24/h5-13,24-25H,1-4H3. The minimum absolute atomic E-state index is 0.198. The summed E-state index contributed by atoms with van der Waals surface area (Å²) >= 11 is 3.51. The molecule has 2 N–H and O–H groups in total. The molecule has 0 saturated carbocycles. The fourth-order valence-electron chi connectivity index (χ4n) is 3.30. The lowest BCUT2D eigenvalue weighted by Crippen LogP contribution is -1.97. The zero-order valence-electron chi connectivity index (χ0n) is 15.0. The number of benzene rings is 3. The van der Waals surface area contributed by atoms with Crippen LogP contribution in [0.25, 0.3) is 21.9 Å². The van der Waals surface area contributed by atoms with Gasteiger partial charge in [0.25, 0.3) is 0 Å². The Bertz CT molecular complexity index is 913. The van der Waals surface area contributed by atoms with Crippen LogP contribution in [0, 0.1) is 0 Å². The van der Waals surface area contributed by atoms with E-state index in [9.17, 15) is 10.2 Å². The van der Waals surface area contributed by atoms with Crippen LogP contribution in [0.3, 0.4) is 0 Å². The second kappa shape index (κ2) is 6.72. The summed E-state index contributed by atoms with van der Waals surface area (Å²) in [5, 5.41) is 23.3. The van der Waals surface area contributed by atoms with Crippen molar-refractivity contribution in [1.29, 1.82) is 0 Å². The predicted octanol–water partition coefficient (Wildman–Crippen LogP) is 6.93. The Morgan fingerprint density at radius 1 is 0.800 bits per heavy atom. The molecule has 0 heterocycles. The van der Waals surface area contributed by atoms with E-state index in [1.165, 1.54) is 0 Å². The van der Waals surface area contributed by atoms with Crippen molar-refractivity contribution in [2.75, 3.05) is 0 Å². The SMILES string of the molecule is CC(C)c1cc(-c2c(O)ccc3cc(Br)ccc23)cc(C(C)C)c1O. The van der Waals surface area contributed by atoms with Gasteiger partial charge in [0.2, 0.25) is 0 Å². The summed E-state index contributed by atoms with van der Waals surface area (Å²) < 4.78 is 1.01. The number of rotatable bonds is 3. The zero-order valence-corrected chi connectivity index (χ0v) is 16.6. The van der Waals surface area contributed by atoms with E-state index < -0.39 is 0 Å². The van der Waals surface area contributed by atoms with E-state index in [1.54, 1.807) is 6.07 Å². The molecule has 25 heavy (non-hydrogen) atoms. The molecule has 0 unspecified atom stereocenters. The maximum atomic E-state index is 10.7. The summed E-state index contributed by atoms with van der Waals surface area (Å²) in [6, 6.07) is 13.7. The Hall–Kier alpha value is -2.00. The largest absolute Gasteiger partial charge is 0.507 e. The number of halogens is 1. The Balaban J connectivity index is 2.37. The third kappa shape index (κ3) is 3.25. The van der Waals surface area contributed by atoms with Gasteiger partial charge in [0.05, 0.1) is 0 Å². The van der Waals surface area contributed by atoms with E-state index in [0.29, 0.717) is 5.75 Å². The Morgan fingerprint density at radius 3 is 1.96 bits per heavy atom. The highest BCUT2D eigenvalue weighted by Crippen LogP contribution is 2.42. The molecule has 130 valence electrons. The minimum Gasteiger partial charge on any atom is -0.507 e. The molecule has 3 aromatic carbocycles. The van der Waals surface area contributed by atoms with E-state index in [0.717, 1.165) is 37.5 Å². The lowest BCUT2D eigenvalue weighted by Gasteiger charge is -2.19. The van der Waals surface area contributed by atoms with E-state index in [-0.39, 0.29) is 17.6 Å². The van der Waals surface area contributed by atoms with Crippen LogP contribution in [0.5, 0.6) is 11.5 Å². The van der Waals surface area contributed by atoms with Gasteiger partial charge < -0.3 is 10.2 Å². The molecule has 0 spiro atoms. The second-order valence-corrected chi connectivity index (χ2v) is 8.05. The molecule has 0 amide bonds. The number of hydrogen-bond acceptors (Lipinski definition) is 2. The maximum absolute atomic E-state index is 10.7. The molecule has 0 saturated heterocycles. The van der Waals surface area contributed by atoms with Gasteiger partial charge in [-0.3, -0.25) is 0 Å². The molecule has 3 aromatic rings. The van der Waals surface area contributed by atoms with Crippen molar-refractivity contribution in [1.82, 2.24) is 0 Å². The zero-order chi connectivity index (χ0) is 18.3. The summed E-state index contributed by atoms with van der Waals surface area (Å²) in [5.41, 5.74) is 3.58. The first kappa shape index (κ1) is 17.8. The molecule has 0 radical (unpaired) electrons. The monoisotopic (exact) mass is 398 g/mol. The minimum atomic E-state index is 0.198. The fourth-order valence-corrected chi connectivity index (χ4v) is 3.68. The number of phenols is 2. The molecule has 3 rings (SSSR count). The van der Waals surface area contributed by atoms with E-state index >= 15 is 0 Å². The molecule has 0 fully saturated rings. The summed E-state index contributed by atoms with van der Waals surface area (Å²) in [7, 11) is 0. The molecular weight excluding hydrogens is 376 g/mol. The molecule has 0 bridgehead atoms. The van der Waals surface area contributed by atoms with E-state index in [4.69, 9.17) is 0 Å². The van der Waals surface area contributed by atoms with Crippen molar-refractivity contribution in [2.24, 2.45) is 0 Å². The fraction of sp³-hybridized carbons (Fsp3) is 0.273. The van der Waals surface area contributed by atoms with Crippen molar-refractivity contribution in [3.63, 3.8) is 0 Å². The molecule has 0 aliphatic carbocycles. The highest BCUT2D eigenvalue weighted by atomic mass is 79.9. The smallest absolute Gasteiger partial charge is 0.124 e. The Morgan fingerprint density at radius 2 is 1.40 bits per heavy atom. The predicted molar refractivity (Wildman–Crippen MR) is 109 cm³/mol. The molecular formula is C22H23BrO2. The van der Waals surface area contributed by atoms with Crippen LogP contribution in [0.2, 0.25) is 0 Å². The first-order chi connectivity index (χ1) is 11.8. The Kier molecular flexibility index (Phi) is 4.79. The first-order valence-corrected chi connectivity index (χ1v) is 9.37. The summed E-state index contributed by atoms with van der Waals surface area (Å²) in [6.07, 6.45) is 0. The first-order valence-electron chi connectivity index (χ1n) is 8.58. The van der Waals surface area contributed by atoms with Gasteiger partial charge in [0.15, 0.2) is 0 Å². The van der Waals surface area contributed by atoms with E-state index in [1.807, 2.05) is 36.4 Å². The van der Waals surface area contributed by atoms with Crippen LogP contribution in [-0.4, -0.2) is 10.2 Å². The van der Waals surface area contributed by atoms with Gasteiger partial charge in [-0.2, -0.15) is 0 Å². The molecule has 0 aliphatic heterocycles. The van der Waals surface area contributed by atoms with Gasteiger partial charge in [-0.1, -0.05) is 55.8 Å². The summed E-state index contributed by atoms with van der Waals surface area (Å²) in [4.78, 5) is 0. The molecule has 0 atom stereocenters. The van der Waals surface area contributed by atoms with Crippen LogP contribution >= 0.6 is 15.9 Å². The number of aromatic hydroxyl groups is 2.